The monoisotopic (exact) mass is 291 g/mol. The summed E-state index contributed by atoms with van der Waals surface area (Å²) in [5.41, 5.74) is 7.56. The Hall–Kier alpha value is -1.78. The van der Waals surface area contributed by atoms with E-state index in [2.05, 4.69) is 0 Å². The van der Waals surface area contributed by atoms with Crippen molar-refractivity contribution in [2.75, 3.05) is 13.2 Å². The van der Waals surface area contributed by atoms with E-state index < -0.39 is 17.0 Å². The highest BCUT2D eigenvalue weighted by molar-refractivity contribution is 5.33. The minimum absolute atomic E-state index is 0.185. The van der Waals surface area contributed by atoms with Gasteiger partial charge in [-0.15, -0.1) is 0 Å². The van der Waals surface area contributed by atoms with Gasteiger partial charge >= 0.3 is 0 Å². The third-order valence-corrected chi connectivity index (χ3v) is 3.82. The smallest absolute Gasteiger partial charge is 0.126 e. The number of halogens is 2. The summed E-state index contributed by atoms with van der Waals surface area (Å²) >= 11 is 0. The Morgan fingerprint density at radius 1 is 1.05 bits per heavy atom. The molecule has 0 aromatic heterocycles. The average Bonchev–Trinajstić information content (AvgIpc) is 2.45. The molecular weight excluding hydrogens is 272 g/mol. The quantitative estimate of drug-likeness (QED) is 0.889. The number of aliphatic hydroxyl groups is 1. The van der Waals surface area contributed by atoms with Crippen molar-refractivity contribution >= 4 is 0 Å². The van der Waals surface area contributed by atoms with Crippen LogP contribution in [-0.2, 0) is 11.8 Å². The van der Waals surface area contributed by atoms with Crippen LogP contribution in [0.2, 0.25) is 0 Å². The Morgan fingerprint density at radius 3 is 2.10 bits per heavy atom. The minimum atomic E-state index is -0.742. The predicted octanol–water partition coefficient (Wildman–Crippen LogP) is 2.70. The molecule has 1 atom stereocenters. The largest absolute Gasteiger partial charge is 0.395 e. The number of benzene rings is 2. The molecule has 0 radical (unpaired) electrons. The first kappa shape index (κ1) is 15.6. The summed E-state index contributed by atoms with van der Waals surface area (Å²) in [6, 6.07) is 11.0. The number of hydrogen-bond acceptors (Lipinski definition) is 2. The molecule has 4 heteroatoms. The summed E-state index contributed by atoms with van der Waals surface area (Å²) in [6.07, 6.45) is 0.276. The molecule has 0 bridgehead atoms. The van der Waals surface area contributed by atoms with Crippen LogP contribution in [0, 0.1) is 18.6 Å². The van der Waals surface area contributed by atoms with Gasteiger partial charge in [0.1, 0.15) is 11.6 Å². The molecule has 0 aliphatic heterocycles. The van der Waals surface area contributed by atoms with Gasteiger partial charge in [-0.1, -0.05) is 29.8 Å². The van der Waals surface area contributed by atoms with Gasteiger partial charge in [0.2, 0.25) is 0 Å². The van der Waals surface area contributed by atoms with E-state index in [0.29, 0.717) is 5.56 Å². The van der Waals surface area contributed by atoms with E-state index in [4.69, 9.17) is 5.73 Å². The lowest BCUT2D eigenvalue weighted by molar-refractivity contribution is 0.196. The molecule has 0 spiro atoms. The molecule has 21 heavy (non-hydrogen) atoms. The van der Waals surface area contributed by atoms with Crippen molar-refractivity contribution in [3.63, 3.8) is 0 Å². The summed E-state index contributed by atoms with van der Waals surface area (Å²) in [5, 5.41) is 9.83. The van der Waals surface area contributed by atoms with E-state index in [9.17, 15) is 13.9 Å². The highest BCUT2D eigenvalue weighted by Gasteiger charge is 2.30. The number of aryl methyl sites for hydroxylation is 1. The molecule has 0 saturated heterocycles. The van der Waals surface area contributed by atoms with Crippen LogP contribution >= 0.6 is 0 Å². The number of rotatable bonds is 5. The summed E-state index contributed by atoms with van der Waals surface area (Å²) in [4.78, 5) is 0. The molecule has 2 aromatic carbocycles. The van der Waals surface area contributed by atoms with E-state index >= 15 is 0 Å². The van der Waals surface area contributed by atoms with Crippen LogP contribution in [0.5, 0.6) is 0 Å². The fourth-order valence-corrected chi connectivity index (χ4v) is 2.51. The minimum Gasteiger partial charge on any atom is -0.395 e. The van der Waals surface area contributed by atoms with Crippen molar-refractivity contribution in [3.8, 4) is 0 Å². The Balaban J connectivity index is 2.40. The van der Waals surface area contributed by atoms with E-state index in [0.717, 1.165) is 17.2 Å². The van der Waals surface area contributed by atoms with Crippen LogP contribution in [0.25, 0.3) is 0 Å². The van der Waals surface area contributed by atoms with Crippen molar-refractivity contribution in [1.29, 1.82) is 0 Å². The second-order valence-electron chi connectivity index (χ2n) is 5.46. The Kier molecular flexibility index (Phi) is 4.70. The Bertz CT molecular complexity index is 586. The van der Waals surface area contributed by atoms with E-state index in [1.165, 1.54) is 12.1 Å². The third-order valence-electron chi connectivity index (χ3n) is 3.82. The summed E-state index contributed by atoms with van der Waals surface area (Å²) in [6.45, 7) is 1.96. The van der Waals surface area contributed by atoms with Crippen LogP contribution in [-0.4, -0.2) is 18.3 Å². The first-order valence-electron chi connectivity index (χ1n) is 6.82. The second kappa shape index (κ2) is 6.33. The van der Waals surface area contributed by atoms with E-state index in [1.54, 1.807) is 0 Å². The van der Waals surface area contributed by atoms with Gasteiger partial charge in [0, 0.05) is 18.0 Å². The molecule has 0 amide bonds. The lowest BCUT2D eigenvalue weighted by Crippen LogP contribution is -2.41. The van der Waals surface area contributed by atoms with Gasteiger partial charge in [-0.05, 0) is 36.6 Å². The molecular formula is C17H19F2NO. The highest BCUT2D eigenvalue weighted by atomic mass is 19.1. The molecule has 0 fully saturated rings. The third kappa shape index (κ3) is 3.46. The number of nitrogens with two attached hydrogens (primary N) is 1. The van der Waals surface area contributed by atoms with Gasteiger partial charge in [-0.3, -0.25) is 0 Å². The number of aliphatic hydroxyl groups excluding tert-OH is 1. The zero-order chi connectivity index (χ0) is 15.5. The molecule has 2 rings (SSSR count). The maximum absolute atomic E-state index is 13.3. The van der Waals surface area contributed by atoms with Gasteiger partial charge in [0.05, 0.1) is 6.61 Å². The first-order chi connectivity index (χ1) is 9.99. The number of hydrogen-bond donors (Lipinski definition) is 2. The van der Waals surface area contributed by atoms with Crippen LogP contribution in [0.3, 0.4) is 0 Å². The Morgan fingerprint density at radius 2 is 1.62 bits per heavy atom. The van der Waals surface area contributed by atoms with Crippen LogP contribution < -0.4 is 5.73 Å². The lowest BCUT2D eigenvalue weighted by Gasteiger charge is -2.31. The van der Waals surface area contributed by atoms with Crippen molar-refractivity contribution in [3.05, 3.63) is 70.8 Å². The van der Waals surface area contributed by atoms with E-state index in [1.807, 2.05) is 31.2 Å². The van der Waals surface area contributed by atoms with Crippen LogP contribution in [0.4, 0.5) is 8.78 Å². The second-order valence-corrected chi connectivity index (χ2v) is 5.46. The predicted molar refractivity (Wildman–Crippen MR) is 79.1 cm³/mol. The molecule has 0 heterocycles. The summed E-state index contributed by atoms with van der Waals surface area (Å²) < 4.78 is 26.7. The molecule has 2 aromatic rings. The highest BCUT2D eigenvalue weighted by Crippen LogP contribution is 2.28. The first-order valence-corrected chi connectivity index (χ1v) is 6.82. The zero-order valence-corrected chi connectivity index (χ0v) is 11.9. The molecule has 2 nitrogen and oxygen atoms in total. The van der Waals surface area contributed by atoms with Crippen LogP contribution in [0.15, 0.2) is 42.5 Å². The maximum atomic E-state index is 13.3. The van der Waals surface area contributed by atoms with Gasteiger partial charge in [-0.25, -0.2) is 8.78 Å². The molecule has 112 valence electrons. The van der Waals surface area contributed by atoms with Gasteiger partial charge < -0.3 is 10.8 Å². The van der Waals surface area contributed by atoms with Crippen molar-refractivity contribution in [2.24, 2.45) is 5.73 Å². The molecule has 3 N–H and O–H groups in total. The fraction of sp³-hybridized carbons (Fsp3) is 0.294. The normalized spacial score (nSPS) is 14.0. The summed E-state index contributed by atoms with van der Waals surface area (Å²) in [7, 11) is 0. The topological polar surface area (TPSA) is 46.2 Å². The molecule has 0 saturated carbocycles. The standard InChI is InChI=1S/C17H19F2NO/c1-12-2-4-14(5-3-12)17(10-20,11-21)9-13-6-15(18)8-16(19)7-13/h2-8,21H,9-11,20H2,1H3. The van der Waals surface area contributed by atoms with Crippen LogP contribution in [0.1, 0.15) is 16.7 Å². The SMILES string of the molecule is Cc1ccc(C(CN)(CO)Cc2cc(F)cc(F)c2)cc1. The molecule has 1 unspecified atom stereocenters. The summed E-state index contributed by atoms with van der Waals surface area (Å²) in [5.74, 6) is -1.25. The van der Waals surface area contributed by atoms with Crippen molar-refractivity contribution in [1.82, 2.24) is 0 Å². The van der Waals surface area contributed by atoms with Crippen molar-refractivity contribution in [2.45, 2.75) is 18.8 Å². The Labute approximate surface area is 123 Å². The zero-order valence-electron chi connectivity index (χ0n) is 11.9. The molecule has 0 aliphatic carbocycles. The van der Waals surface area contributed by atoms with Gasteiger partial charge in [-0.2, -0.15) is 0 Å². The maximum Gasteiger partial charge on any atom is 0.126 e. The van der Waals surface area contributed by atoms with Crippen molar-refractivity contribution < 1.29 is 13.9 Å². The van der Waals surface area contributed by atoms with Gasteiger partial charge in [0.25, 0.3) is 0 Å². The van der Waals surface area contributed by atoms with E-state index in [-0.39, 0.29) is 19.6 Å². The average molecular weight is 291 g/mol. The molecule has 0 aliphatic rings. The lowest BCUT2D eigenvalue weighted by atomic mass is 9.76. The fourth-order valence-electron chi connectivity index (χ4n) is 2.51. The van der Waals surface area contributed by atoms with Gasteiger partial charge in [0.15, 0.2) is 0 Å².